The van der Waals surface area contributed by atoms with Crippen molar-refractivity contribution in [3.05, 3.63) is 100 Å². The molecule has 2 atom stereocenters. The molecular formula is C25H23N3O4. The van der Waals surface area contributed by atoms with E-state index < -0.39 is 4.92 Å². The van der Waals surface area contributed by atoms with Crippen LogP contribution in [0.5, 0.6) is 0 Å². The highest BCUT2D eigenvalue weighted by Crippen LogP contribution is 2.42. The SMILES string of the molecule is CC(=O)N(c1ccccc1)[C@@H]1C[C@@H](C)N(C(=O)c2cccc([N+](=O)[O-])c2)c2ccccc21. The molecule has 0 fully saturated rings. The van der Waals surface area contributed by atoms with Crippen LogP contribution in [-0.4, -0.2) is 22.8 Å². The van der Waals surface area contributed by atoms with Crippen molar-refractivity contribution >= 4 is 28.9 Å². The first-order chi connectivity index (χ1) is 15.4. The second-order valence-corrected chi connectivity index (χ2v) is 7.87. The summed E-state index contributed by atoms with van der Waals surface area (Å²) in [7, 11) is 0. The Morgan fingerprint density at radius 2 is 1.69 bits per heavy atom. The summed E-state index contributed by atoms with van der Waals surface area (Å²) in [4.78, 5) is 40.2. The van der Waals surface area contributed by atoms with E-state index >= 15 is 0 Å². The number of non-ortho nitro benzene ring substituents is 1. The van der Waals surface area contributed by atoms with Gasteiger partial charge in [-0.25, -0.2) is 0 Å². The van der Waals surface area contributed by atoms with Gasteiger partial charge in [0.25, 0.3) is 11.6 Å². The number of nitrogens with zero attached hydrogens (tertiary/aromatic N) is 3. The smallest absolute Gasteiger partial charge is 0.270 e. The summed E-state index contributed by atoms with van der Waals surface area (Å²) in [5, 5.41) is 11.2. The van der Waals surface area contributed by atoms with Gasteiger partial charge in [0.05, 0.1) is 11.0 Å². The summed E-state index contributed by atoms with van der Waals surface area (Å²) in [6.07, 6.45) is 0.534. The number of anilines is 2. The Kier molecular flexibility index (Phi) is 5.73. The van der Waals surface area contributed by atoms with E-state index in [9.17, 15) is 19.7 Å². The van der Waals surface area contributed by atoms with Gasteiger partial charge < -0.3 is 9.80 Å². The molecule has 0 aliphatic carbocycles. The molecule has 0 radical (unpaired) electrons. The van der Waals surface area contributed by atoms with E-state index in [4.69, 9.17) is 0 Å². The second-order valence-electron chi connectivity index (χ2n) is 7.87. The van der Waals surface area contributed by atoms with Crippen molar-refractivity contribution in [1.29, 1.82) is 0 Å². The Morgan fingerprint density at radius 3 is 2.38 bits per heavy atom. The highest BCUT2D eigenvalue weighted by molar-refractivity contribution is 6.08. The number of fused-ring (bicyclic) bond motifs is 1. The van der Waals surface area contributed by atoms with Gasteiger partial charge in [-0.2, -0.15) is 0 Å². The molecular weight excluding hydrogens is 406 g/mol. The molecule has 2 amide bonds. The first-order valence-electron chi connectivity index (χ1n) is 10.4. The topological polar surface area (TPSA) is 83.8 Å². The van der Waals surface area contributed by atoms with Crippen LogP contribution < -0.4 is 9.80 Å². The van der Waals surface area contributed by atoms with Crippen LogP contribution in [0, 0.1) is 10.1 Å². The van der Waals surface area contributed by atoms with Crippen molar-refractivity contribution in [3.8, 4) is 0 Å². The minimum atomic E-state index is -0.509. The number of hydrogen-bond acceptors (Lipinski definition) is 4. The number of carbonyl (C=O) groups is 2. The Labute approximate surface area is 186 Å². The molecule has 162 valence electrons. The number of benzene rings is 3. The van der Waals surface area contributed by atoms with Crippen LogP contribution in [0.3, 0.4) is 0 Å². The van der Waals surface area contributed by atoms with E-state index in [0.29, 0.717) is 12.1 Å². The lowest BCUT2D eigenvalue weighted by atomic mass is 9.89. The summed E-state index contributed by atoms with van der Waals surface area (Å²) < 4.78 is 0. The molecule has 0 aromatic heterocycles. The second kappa shape index (κ2) is 8.63. The predicted molar refractivity (Wildman–Crippen MR) is 123 cm³/mol. The Hall–Kier alpha value is -4.00. The van der Waals surface area contributed by atoms with Crippen LogP contribution in [0.25, 0.3) is 0 Å². The quantitative estimate of drug-likeness (QED) is 0.425. The lowest BCUT2D eigenvalue weighted by Crippen LogP contribution is -2.47. The van der Waals surface area contributed by atoms with Gasteiger partial charge in [0.15, 0.2) is 0 Å². The first kappa shape index (κ1) is 21.2. The maximum atomic E-state index is 13.5. The Morgan fingerprint density at radius 1 is 1.00 bits per heavy atom. The minimum Gasteiger partial charge on any atom is -0.305 e. The van der Waals surface area contributed by atoms with Gasteiger partial charge in [0.2, 0.25) is 5.91 Å². The van der Waals surface area contributed by atoms with Crippen molar-refractivity contribution in [3.63, 3.8) is 0 Å². The fourth-order valence-electron chi connectivity index (χ4n) is 4.40. The third-order valence-electron chi connectivity index (χ3n) is 5.77. The largest absolute Gasteiger partial charge is 0.305 e. The van der Waals surface area contributed by atoms with E-state index in [0.717, 1.165) is 11.3 Å². The molecule has 7 heteroatoms. The summed E-state index contributed by atoms with van der Waals surface area (Å²) in [5.41, 5.74) is 2.49. The van der Waals surface area contributed by atoms with Crippen molar-refractivity contribution in [2.75, 3.05) is 9.80 Å². The summed E-state index contributed by atoms with van der Waals surface area (Å²) in [5.74, 6) is -0.386. The number of amides is 2. The zero-order valence-corrected chi connectivity index (χ0v) is 17.8. The van der Waals surface area contributed by atoms with E-state index in [-0.39, 0.29) is 35.1 Å². The van der Waals surface area contributed by atoms with Crippen LogP contribution in [0.4, 0.5) is 17.1 Å². The summed E-state index contributed by atoms with van der Waals surface area (Å²) in [6, 6.07) is 22.3. The average Bonchev–Trinajstić information content (AvgIpc) is 2.79. The lowest BCUT2D eigenvalue weighted by molar-refractivity contribution is -0.384. The van der Waals surface area contributed by atoms with Crippen molar-refractivity contribution in [2.24, 2.45) is 0 Å². The molecule has 0 N–H and O–H groups in total. The van der Waals surface area contributed by atoms with E-state index in [1.807, 2.05) is 61.5 Å². The van der Waals surface area contributed by atoms with Gasteiger partial charge in [-0.3, -0.25) is 19.7 Å². The number of para-hydroxylation sites is 2. The average molecular weight is 429 g/mol. The predicted octanol–water partition coefficient (Wildman–Crippen LogP) is 5.13. The number of rotatable bonds is 4. The van der Waals surface area contributed by atoms with Gasteiger partial charge in [-0.15, -0.1) is 0 Å². The molecule has 3 aromatic rings. The fraction of sp³-hybridized carbons (Fsp3) is 0.200. The van der Waals surface area contributed by atoms with E-state index in [1.165, 1.54) is 18.2 Å². The first-order valence-corrected chi connectivity index (χ1v) is 10.4. The van der Waals surface area contributed by atoms with Crippen molar-refractivity contribution in [1.82, 2.24) is 0 Å². The molecule has 0 bridgehead atoms. The molecule has 0 saturated heterocycles. The van der Waals surface area contributed by atoms with Crippen LogP contribution >= 0.6 is 0 Å². The highest BCUT2D eigenvalue weighted by Gasteiger charge is 2.38. The Bertz CT molecular complexity index is 1180. The minimum absolute atomic E-state index is 0.0818. The molecule has 1 aliphatic heterocycles. The zero-order valence-electron chi connectivity index (χ0n) is 17.8. The lowest BCUT2D eigenvalue weighted by Gasteiger charge is -2.43. The third kappa shape index (κ3) is 3.85. The van der Waals surface area contributed by atoms with Gasteiger partial charge in [-0.05, 0) is 43.2 Å². The maximum Gasteiger partial charge on any atom is 0.270 e. The number of nitro groups is 1. The van der Waals surface area contributed by atoms with E-state index in [1.54, 1.807) is 22.8 Å². The maximum absolute atomic E-state index is 13.5. The molecule has 0 unspecified atom stereocenters. The molecule has 32 heavy (non-hydrogen) atoms. The normalized spacial score (nSPS) is 17.4. The number of nitro benzene ring substituents is 1. The highest BCUT2D eigenvalue weighted by atomic mass is 16.6. The molecule has 1 aliphatic rings. The van der Waals surface area contributed by atoms with E-state index in [2.05, 4.69) is 0 Å². The third-order valence-corrected chi connectivity index (χ3v) is 5.77. The molecule has 4 rings (SSSR count). The summed E-state index contributed by atoms with van der Waals surface area (Å²) >= 11 is 0. The monoisotopic (exact) mass is 429 g/mol. The van der Waals surface area contributed by atoms with Crippen LogP contribution in [0.2, 0.25) is 0 Å². The Balaban J connectivity index is 1.77. The van der Waals surface area contributed by atoms with Crippen molar-refractivity contribution in [2.45, 2.75) is 32.4 Å². The fourth-order valence-corrected chi connectivity index (χ4v) is 4.40. The number of carbonyl (C=O) groups excluding carboxylic acids is 2. The van der Waals surface area contributed by atoms with Gasteiger partial charge in [-0.1, -0.05) is 42.5 Å². The summed E-state index contributed by atoms with van der Waals surface area (Å²) in [6.45, 7) is 3.47. The molecule has 1 heterocycles. The van der Waals surface area contributed by atoms with Gasteiger partial charge >= 0.3 is 0 Å². The van der Waals surface area contributed by atoms with Gasteiger partial charge in [0, 0.05) is 42.0 Å². The molecule has 0 spiro atoms. The number of hydrogen-bond donors (Lipinski definition) is 0. The van der Waals surface area contributed by atoms with Crippen LogP contribution in [0.1, 0.15) is 42.2 Å². The van der Waals surface area contributed by atoms with Gasteiger partial charge in [0.1, 0.15) is 0 Å². The molecule has 0 saturated carbocycles. The van der Waals surface area contributed by atoms with Crippen molar-refractivity contribution < 1.29 is 14.5 Å². The zero-order chi connectivity index (χ0) is 22.8. The van der Waals surface area contributed by atoms with Crippen LogP contribution in [0.15, 0.2) is 78.9 Å². The van der Waals surface area contributed by atoms with Crippen LogP contribution in [-0.2, 0) is 4.79 Å². The standard InChI is InChI=1S/C25H23N3O4/c1-17-15-24(27(18(2)29)20-10-4-3-5-11-20)22-13-6-7-14-23(22)26(17)25(30)19-9-8-12-21(16-19)28(31)32/h3-14,16-17,24H,15H2,1-2H3/t17-,24-/m1/s1. The molecule has 3 aromatic carbocycles. The molecule has 7 nitrogen and oxygen atoms in total.